The summed E-state index contributed by atoms with van der Waals surface area (Å²) in [6.07, 6.45) is 1.03. The SMILES string of the molecule is CC[C@@H]([NH3+])c1ccc(C)o1. The van der Waals surface area contributed by atoms with Gasteiger partial charge in [-0.2, -0.15) is 0 Å². The molecule has 1 atom stereocenters. The first kappa shape index (κ1) is 7.35. The summed E-state index contributed by atoms with van der Waals surface area (Å²) in [5, 5.41) is 0. The van der Waals surface area contributed by atoms with Gasteiger partial charge < -0.3 is 10.2 Å². The molecule has 2 nitrogen and oxygen atoms in total. The molecule has 0 aromatic carbocycles. The van der Waals surface area contributed by atoms with E-state index in [-0.39, 0.29) is 0 Å². The van der Waals surface area contributed by atoms with Gasteiger partial charge in [0.15, 0.2) is 5.76 Å². The van der Waals surface area contributed by atoms with Crippen molar-refractivity contribution in [2.75, 3.05) is 0 Å². The van der Waals surface area contributed by atoms with Crippen LogP contribution in [0, 0.1) is 6.92 Å². The van der Waals surface area contributed by atoms with Gasteiger partial charge in [0, 0.05) is 6.42 Å². The van der Waals surface area contributed by atoms with Gasteiger partial charge in [0.05, 0.1) is 0 Å². The van der Waals surface area contributed by atoms with E-state index < -0.39 is 0 Å². The highest BCUT2D eigenvalue weighted by atomic mass is 16.3. The number of furan rings is 1. The van der Waals surface area contributed by atoms with Gasteiger partial charge in [0.2, 0.25) is 0 Å². The molecule has 0 fully saturated rings. The highest BCUT2D eigenvalue weighted by molar-refractivity contribution is 5.07. The Morgan fingerprint density at radius 2 is 2.30 bits per heavy atom. The Labute approximate surface area is 61.0 Å². The van der Waals surface area contributed by atoms with E-state index in [1.165, 1.54) is 0 Å². The predicted octanol–water partition coefficient (Wildman–Crippen LogP) is 1.28. The Hall–Kier alpha value is -0.760. The summed E-state index contributed by atoms with van der Waals surface area (Å²) in [6, 6.07) is 4.29. The van der Waals surface area contributed by atoms with Gasteiger partial charge in [-0.1, -0.05) is 6.92 Å². The van der Waals surface area contributed by atoms with Crippen LogP contribution in [0.2, 0.25) is 0 Å². The number of rotatable bonds is 2. The standard InChI is InChI=1S/C8H13NO/c1-3-7(9)8-5-4-6(2)10-8/h4-5,7H,3,9H2,1-2H3/p+1/t7-/m1/s1. The molecule has 10 heavy (non-hydrogen) atoms. The zero-order valence-corrected chi connectivity index (χ0v) is 6.55. The molecular formula is C8H14NO+. The minimum absolute atomic E-state index is 0.314. The quantitative estimate of drug-likeness (QED) is 0.660. The maximum absolute atomic E-state index is 5.37. The second-order valence-electron chi connectivity index (χ2n) is 2.55. The normalized spacial score (nSPS) is 13.5. The predicted molar refractivity (Wildman–Crippen MR) is 39.4 cm³/mol. The van der Waals surface area contributed by atoms with Crippen molar-refractivity contribution in [2.24, 2.45) is 0 Å². The van der Waals surface area contributed by atoms with Gasteiger partial charge in [-0.05, 0) is 19.1 Å². The van der Waals surface area contributed by atoms with E-state index in [0.29, 0.717) is 6.04 Å². The van der Waals surface area contributed by atoms with E-state index >= 15 is 0 Å². The Bertz CT molecular complexity index is 205. The van der Waals surface area contributed by atoms with Gasteiger partial charge >= 0.3 is 0 Å². The summed E-state index contributed by atoms with van der Waals surface area (Å²) in [4.78, 5) is 0. The lowest BCUT2D eigenvalue weighted by molar-refractivity contribution is -0.431. The molecule has 0 amide bonds. The summed E-state index contributed by atoms with van der Waals surface area (Å²) in [5.41, 5.74) is 3.95. The molecule has 2 heteroatoms. The minimum Gasteiger partial charge on any atom is -0.460 e. The van der Waals surface area contributed by atoms with Crippen LogP contribution in [0.3, 0.4) is 0 Å². The lowest BCUT2D eigenvalue weighted by atomic mass is 10.2. The van der Waals surface area contributed by atoms with Gasteiger partial charge in [-0.25, -0.2) is 0 Å². The van der Waals surface area contributed by atoms with E-state index in [4.69, 9.17) is 4.42 Å². The monoisotopic (exact) mass is 140 g/mol. The fourth-order valence-electron chi connectivity index (χ4n) is 0.874. The number of aryl methyl sites for hydroxylation is 1. The fraction of sp³-hybridized carbons (Fsp3) is 0.500. The van der Waals surface area contributed by atoms with Crippen LogP contribution in [-0.4, -0.2) is 0 Å². The molecule has 3 N–H and O–H groups in total. The molecule has 0 unspecified atom stereocenters. The molecule has 1 aromatic heterocycles. The molecule has 0 aliphatic rings. The first-order chi connectivity index (χ1) is 4.74. The van der Waals surface area contributed by atoms with Crippen molar-refractivity contribution < 1.29 is 10.2 Å². The van der Waals surface area contributed by atoms with Crippen LogP contribution in [0.1, 0.15) is 30.9 Å². The van der Waals surface area contributed by atoms with Gasteiger partial charge in [-0.15, -0.1) is 0 Å². The van der Waals surface area contributed by atoms with Gasteiger partial charge in [0.1, 0.15) is 11.8 Å². The second kappa shape index (κ2) is 2.88. The van der Waals surface area contributed by atoms with E-state index in [1.807, 2.05) is 19.1 Å². The lowest BCUT2D eigenvalue weighted by Gasteiger charge is -1.98. The van der Waals surface area contributed by atoms with Crippen molar-refractivity contribution in [1.82, 2.24) is 0 Å². The smallest absolute Gasteiger partial charge is 0.161 e. The molecule has 1 aromatic rings. The third-order valence-electron chi connectivity index (χ3n) is 1.66. The van der Waals surface area contributed by atoms with Crippen LogP contribution < -0.4 is 5.73 Å². The second-order valence-corrected chi connectivity index (χ2v) is 2.55. The maximum Gasteiger partial charge on any atom is 0.161 e. The summed E-state index contributed by atoms with van der Waals surface area (Å²) < 4.78 is 5.37. The maximum atomic E-state index is 5.37. The summed E-state index contributed by atoms with van der Waals surface area (Å²) in [7, 11) is 0. The highest BCUT2D eigenvalue weighted by Crippen LogP contribution is 2.14. The first-order valence-electron chi connectivity index (χ1n) is 3.63. The molecule has 0 spiro atoms. The lowest BCUT2D eigenvalue weighted by Crippen LogP contribution is -2.52. The molecule has 0 saturated heterocycles. The van der Waals surface area contributed by atoms with Crippen LogP contribution in [0.5, 0.6) is 0 Å². The number of hydrogen-bond acceptors (Lipinski definition) is 1. The number of quaternary nitrogens is 1. The molecule has 0 aliphatic heterocycles. The Balaban J connectivity index is 2.74. The molecule has 1 heterocycles. The average Bonchev–Trinajstić information content (AvgIpc) is 2.34. The van der Waals surface area contributed by atoms with Crippen LogP contribution >= 0.6 is 0 Å². The summed E-state index contributed by atoms with van der Waals surface area (Å²) in [6.45, 7) is 4.06. The number of hydrogen-bond donors (Lipinski definition) is 1. The Morgan fingerprint density at radius 3 is 2.70 bits per heavy atom. The van der Waals surface area contributed by atoms with Crippen LogP contribution in [0.4, 0.5) is 0 Å². The Morgan fingerprint density at radius 1 is 1.60 bits per heavy atom. The largest absolute Gasteiger partial charge is 0.460 e. The van der Waals surface area contributed by atoms with Crippen molar-refractivity contribution in [3.63, 3.8) is 0 Å². The van der Waals surface area contributed by atoms with Crippen molar-refractivity contribution in [2.45, 2.75) is 26.3 Å². The molecule has 0 bridgehead atoms. The third kappa shape index (κ3) is 1.39. The molecule has 0 saturated carbocycles. The molecule has 0 aliphatic carbocycles. The first-order valence-corrected chi connectivity index (χ1v) is 3.63. The summed E-state index contributed by atoms with van der Waals surface area (Å²) in [5.74, 6) is 1.97. The zero-order chi connectivity index (χ0) is 7.56. The average molecular weight is 140 g/mol. The molecule has 0 radical (unpaired) electrons. The highest BCUT2D eigenvalue weighted by Gasteiger charge is 2.09. The van der Waals surface area contributed by atoms with Crippen molar-refractivity contribution in [1.29, 1.82) is 0 Å². The Kier molecular flexibility index (Phi) is 2.12. The van der Waals surface area contributed by atoms with Crippen molar-refractivity contribution >= 4 is 0 Å². The summed E-state index contributed by atoms with van der Waals surface area (Å²) >= 11 is 0. The van der Waals surface area contributed by atoms with Crippen LogP contribution in [-0.2, 0) is 0 Å². The van der Waals surface area contributed by atoms with Crippen molar-refractivity contribution in [3.05, 3.63) is 23.7 Å². The third-order valence-corrected chi connectivity index (χ3v) is 1.66. The topological polar surface area (TPSA) is 40.8 Å². The van der Waals surface area contributed by atoms with E-state index in [1.54, 1.807) is 0 Å². The van der Waals surface area contributed by atoms with Gasteiger partial charge in [0.25, 0.3) is 0 Å². The van der Waals surface area contributed by atoms with Crippen molar-refractivity contribution in [3.8, 4) is 0 Å². The van der Waals surface area contributed by atoms with Crippen LogP contribution in [0.15, 0.2) is 16.5 Å². The minimum atomic E-state index is 0.314. The van der Waals surface area contributed by atoms with E-state index in [2.05, 4.69) is 12.7 Å². The van der Waals surface area contributed by atoms with Crippen LogP contribution in [0.25, 0.3) is 0 Å². The van der Waals surface area contributed by atoms with E-state index in [9.17, 15) is 0 Å². The molecule has 56 valence electrons. The molecular weight excluding hydrogens is 126 g/mol. The van der Waals surface area contributed by atoms with Gasteiger partial charge in [-0.3, -0.25) is 0 Å². The fourth-order valence-corrected chi connectivity index (χ4v) is 0.874. The molecule has 1 rings (SSSR count). The van der Waals surface area contributed by atoms with E-state index in [0.717, 1.165) is 17.9 Å². The zero-order valence-electron chi connectivity index (χ0n) is 6.55.